The molecular formula is C30H33N5O6. The lowest BCUT2D eigenvalue weighted by Gasteiger charge is -2.29. The molecule has 0 radical (unpaired) electrons. The first kappa shape index (κ1) is 27.9. The molecule has 1 aliphatic rings. The van der Waals surface area contributed by atoms with Crippen molar-refractivity contribution in [2.45, 2.75) is 0 Å². The van der Waals surface area contributed by atoms with Gasteiger partial charge in [0.2, 0.25) is 11.9 Å². The normalized spacial score (nSPS) is 13.5. The second kappa shape index (κ2) is 13.2. The van der Waals surface area contributed by atoms with Gasteiger partial charge in [0.1, 0.15) is 18.0 Å². The van der Waals surface area contributed by atoms with E-state index in [0.29, 0.717) is 43.7 Å². The number of imidazole rings is 1. The summed E-state index contributed by atoms with van der Waals surface area (Å²) in [4.78, 5) is 35.1. The van der Waals surface area contributed by atoms with Crippen LogP contribution < -0.4 is 14.8 Å². The lowest BCUT2D eigenvalue weighted by atomic mass is 10.1. The molecule has 0 spiro atoms. The number of benzene rings is 2. The smallest absolute Gasteiger partial charge is 0.290 e. The Labute approximate surface area is 238 Å². The van der Waals surface area contributed by atoms with Crippen LogP contribution >= 0.6 is 0 Å². The maximum absolute atomic E-state index is 13.4. The summed E-state index contributed by atoms with van der Waals surface area (Å²) >= 11 is 0. The van der Waals surface area contributed by atoms with Crippen LogP contribution in [-0.4, -0.2) is 91.3 Å². The number of rotatable bonds is 11. The van der Waals surface area contributed by atoms with Crippen LogP contribution in [0.25, 0.3) is 16.9 Å². The van der Waals surface area contributed by atoms with Gasteiger partial charge in [-0.15, -0.1) is 0 Å². The molecule has 3 heterocycles. The molecular weight excluding hydrogens is 526 g/mol. The summed E-state index contributed by atoms with van der Waals surface area (Å²) < 4.78 is 23.1. The number of carbonyl (C=O) groups excluding carboxylic acids is 2. The number of morpholine rings is 1. The number of anilines is 1. The zero-order valence-electron chi connectivity index (χ0n) is 23.1. The highest BCUT2D eigenvalue weighted by Gasteiger charge is 2.24. The summed E-state index contributed by atoms with van der Waals surface area (Å²) in [5.41, 5.74) is 2.30. The Hall–Kier alpha value is -4.61. The van der Waals surface area contributed by atoms with Gasteiger partial charge >= 0.3 is 0 Å². The first-order valence-electron chi connectivity index (χ1n) is 13.3. The first-order valence-corrected chi connectivity index (χ1v) is 13.3. The largest absolute Gasteiger partial charge is 0.497 e. The van der Waals surface area contributed by atoms with Crippen LogP contribution in [0.2, 0.25) is 0 Å². The van der Waals surface area contributed by atoms with Gasteiger partial charge in [0.05, 0.1) is 39.4 Å². The SMILES string of the molecule is COc1ccc(-c2cn(-c3ccc(OC)cc3)c(NC(=O)CN(CCN3CCOCC3)C(=O)c3ccco3)n2)cc1. The number of ether oxygens (including phenoxy) is 3. The number of hydrogen-bond donors (Lipinski definition) is 1. The fourth-order valence-corrected chi connectivity index (χ4v) is 4.54. The highest BCUT2D eigenvalue weighted by molar-refractivity contribution is 5.97. The fourth-order valence-electron chi connectivity index (χ4n) is 4.54. The lowest BCUT2D eigenvalue weighted by molar-refractivity contribution is -0.117. The molecule has 11 heteroatoms. The van der Waals surface area contributed by atoms with E-state index in [-0.39, 0.29) is 24.1 Å². The third-order valence-electron chi connectivity index (χ3n) is 6.84. The highest BCUT2D eigenvalue weighted by Crippen LogP contribution is 2.27. The average Bonchev–Trinajstić information content (AvgIpc) is 3.70. The van der Waals surface area contributed by atoms with Gasteiger partial charge in [-0.25, -0.2) is 4.98 Å². The van der Waals surface area contributed by atoms with Crippen LogP contribution in [0.15, 0.2) is 77.5 Å². The van der Waals surface area contributed by atoms with Crippen molar-refractivity contribution in [1.29, 1.82) is 0 Å². The van der Waals surface area contributed by atoms with Crippen molar-refractivity contribution >= 4 is 17.8 Å². The van der Waals surface area contributed by atoms with E-state index < -0.39 is 0 Å². The summed E-state index contributed by atoms with van der Waals surface area (Å²) in [5, 5.41) is 2.92. The molecule has 1 N–H and O–H groups in total. The number of amides is 2. The van der Waals surface area contributed by atoms with Crippen molar-refractivity contribution in [2.75, 3.05) is 65.5 Å². The van der Waals surface area contributed by atoms with Crippen LogP contribution in [0.4, 0.5) is 5.95 Å². The number of nitrogens with zero attached hydrogens (tertiary/aromatic N) is 4. The van der Waals surface area contributed by atoms with E-state index in [1.54, 1.807) is 30.9 Å². The Morgan fingerprint density at radius 2 is 1.66 bits per heavy atom. The van der Waals surface area contributed by atoms with Gasteiger partial charge in [-0.1, -0.05) is 0 Å². The molecule has 1 aliphatic heterocycles. The van der Waals surface area contributed by atoms with Crippen molar-refractivity contribution in [3.8, 4) is 28.4 Å². The van der Waals surface area contributed by atoms with Crippen molar-refractivity contribution < 1.29 is 28.2 Å². The van der Waals surface area contributed by atoms with E-state index in [1.165, 1.54) is 11.2 Å². The molecule has 2 aromatic heterocycles. The lowest BCUT2D eigenvalue weighted by Crippen LogP contribution is -2.45. The van der Waals surface area contributed by atoms with E-state index in [4.69, 9.17) is 23.6 Å². The third-order valence-corrected chi connectivity index (χ3v) is 6.84. The van der Waals surface area contributed by atoms with E-state index in [1.807, 2.05) is 54.7 Å². The van der Waals surface area contributed by atoms with Crippen LogP contribution in [0.3, 0.4) is 0 Å². The van der Waals surface area contributed by atoms with Gasteiger partial charge in [-0.05, 0) is 60.7 Å². The summed E-state index contributed by atoms with van der Waals surface area (Å²) in [7, 11) is 3.22. The van der Waals surface area contributed by atoms with Gasteiger partial charge in [0.25, 0.3) is 5.91 Å². The molecule has 4 aromatic rings. The van der Waals surface area contributed by atoms with Crippen molar-refractivity contribution in [3.05, 3.63) is 78.9 Å². The van der Waals surface area contributed by atoms with Crippen molar-refractivity contribution in [3.63, 3.8) is 0 Å². The quantitative estimate of drug-likeness (QED) is 0.297. The predicted molar refractivity (Wildman–Crippen MR) is 153 cm³/mol. The second-order valence-corrected chi connectivity index (χ2v) is 9.45. The molecule has 0 unspecified atom stereocenters. The zero-order chi connectivity index (χ0) is 28.6. The summed E-state index contributed by atoms with van der Waals surface area (Å²) in [5.74, 6) is 1.22. The Balaban J connectivity index is 1.38. The number of methoxy groups -OCH3 is 2. The molecule has 0 saturated carbocycles. The molecule has 0 atom stereocenters. The van der Waals surface area contributed by atoms with Gasteiger partial charge < -0.3 is 23.5 Å². The average molecular weight is 560 g/mol. The third kappa shape index (κ3) is 6.94. The van der Waals surface area contributed by atoms with Crippen LogP contribution in [-0.2, 0) is 9.53 Å². The van der Waals surface area contributed by atoms with E-state index in [2.05, 4.69) is 10.2 Å². The van der Waals surface area contributed by atoms with E-state index in [9.17, 15) is 9.59 Å². The molecule has 5 rings (SSSR count). The number of hydrogen-bond acceptors (Lipinski definition) is 8. The maximum Gasteiger partial charge on any atom is 0.290 e. The Kier molecular flexibility index (Phi) is 8.97. The van der Waals surface area contributed by atoms with Gasteiger partial charge in [-0.3, -0.25) is 24.4 Å². The standard InChI is InChI=1S/C30H33N5O6/c1-38-24-9-5-22(6-10-24)26-20-35(23-7-11-25(39-2)12-8-23)30(31-26)32-28(36)21-34(29(37)27-4-3-17-41-27)14-13-33-15-18-40-19-16-33/h3-12,17,20H,13-16,18-19,21H2,1-2H3,(H,31,32,36). The minimum atomic E-state index is -0.381. The Morgan fingerprint density at radius 3 is 2.29 bits per heavy atom. The van der Waals surface area contributed by atoms with Crippen LogP contribution in [0.5, 0.6) is 11.5 Å². The molecule has 1 fully saturated rings. The van der Waals surface area contributed by atoms with Gasteiger partial charge in [0, 0.05) is 43.6 Å². The number of aromatic nitrogens is 2. The Bertz CT molecular complexity index is 1430. The molecule has 1 saturated heterocycles. The molecule has 2 aromatic carbocycles. The summed E-state index contributed by atoms with van der Waals surface area (Å²) in [6.07, 6.45) is 3.29. The molecule has 0 aliphatic carbocycles. The second-order valence-electron chi connectivity index (χ2n) is 9.45. The maximum atomic E-state index is 13.4. The first-order chi connectivity index (χ1) is 20.0. The Morgan fingerprint density at radius 1 is 0.976 bits per heavy atom. The summed E-state index contributed by atoms with van der Waals surface area (Å²) in [6.45, 7) is 3.67. The molecule has 2 amide bonds. The number of carbonyl (C=O) groups is 2. The van der Waals surface area contributed by atoms with E-state index in [0.717, 1.165) is 30.1 Å². The topological polar surface area (TPSA) is 111 Å². The summed E-state index contributed by atoms with van der Waals surface area (Å²) in [6, 6.07) is 18.2. The zero-order valence-corrected chi connectivity index (χ0v) is 23.1. The van der Waals surface area contributed by atoms with Crippen molar-refractivity contribution in [1.82, 2.24) is 19.4 Å². The predicted octanol–water partition coefficient (Wildman–Crippen LogP) is 3.56. The van der Waals surface area contributed by atoms with Gasteiger partial charge in [-0.2, -0.15) is 0 Å². The molecule has 0 bridgehead atoms. The molecule has 11 nitrogen and oxygen atoms in total. The highest BCUT2D eigenvalue weighted by atomic mass is 16.5. The number of nitrogens with one attached hydrogen (secondary N) is 1. The molecule has 214 valence electrons. The van der Waals surface area contributed by atoms with Gasteiger partial charge in [0.15, 0.2) is 5.76 Å². The van der Waals surface area contributed by atoms with Crippen LogP contribution in [0.1, 0.15) is 10.6 Å². The minimum absolute atomic E-state index is 0.169. The van der Waals surface area contributed by atoms with Crippen molar-refractivity contribution in [2.24, 2.45) is 0 Å². The fraction of sp³-hybridized carbons (Fsp3) is 0.300. The van der Waals surface area contributed by atoms with Crippen LogP contribution in [0, 0.1) is 0 Å². The number of furan rings is 1. The van der Waals surface area contributed by atoms with E-state index >= 15 is 0 Å². The molecule has 41 heavy (non-hydrogen) atoms. The monoisotopic (exact) mass is 559 g/mol. The minimum Gasteiger partial charge on any atom is -0.497 e.